The highest BCUT2D eigenvalue weighted by molar-refractivity contribution is 9.00. The lowest BCUT2D eigenvalue weighted by Crippen LogP contribution is -1.73. The van der Waals surface area contributed by atoms with Gasteiger partial charge in [-0.05, 0) is 23.7 Å². The number of thiol groups is 1. The van der Waals surface area contributed by atoms with E-state index in [2.05, 4.69) is 34.0 Å². The van der Waals surface area contributed by atoms with E-state index >= 15 is 0 Å². The van der Waals surface area contributed by atoms with Crippen LogP contribution in [0.1, 0.15) is 0 Å². The molecule has 0 bridgehead atoms. The molecule has 0 aliphatic carbocycles. The molecule has 0 heterocycles. The van der Waals surface area contributed by atoms with E-state index in [1.165, 1.54) is 0 Å². The van der Waals surface area contributed by atoms with Crippen molar-refractivity contribution >= 4 is 47.2 Å². The molecule has 0 radical (unpaired) electrons. The summed E-state index contributed by atoms with van der Waals surface area (Å²) in [7, 11) is 0.0980. The Balaban J connectivity index is 3.85. The van der Waals surface area contributed by atoms with E-state index in [9.17, 15) is 0 Å². The second-order valence-electron chi connectivity index (χ2n) is 0.582. The molecule has 0 aliphatic rings. The zero-order valence-electron chi connectivity index (χ0n) is 3.38. The average Bonchev–Trinajstić information content (AvgIpc) is 1.35. The van der Waals surface area contributed by atoms with Gasteiger partial charge in [-0.2, -0.15) is 0 Å². The molecule has 0 saturated carbocycles. The maximum absolute atomic E-state index is 6.61. The third kappa shape index (κ3) is 36.8. The van der Waals surface area contributed by atoms with E-state index in [1.54, 1.807) is 0 Å². The number of rotatable bonds is 1. The van der Waals surface area contributed by atoms with Crippen molar-refractivity contribution in [2.45, 2.75) is 0 Å². The van der Waals surface area contributed by atoms with Gasteiger partial charge in [0, 0.05) is 0 Å². The predicted molar refractivity (Wildman–Crippen MR) is 39.6 cm³/mol. The van der Waals surface area contributed by atoms with Crippen LogP contribution >= 0.6 is 11.7 Å². The Morgan fingerprint density at radius 3 is 2.20 bits per heavy atom. The Kier molecular flexibility index (Phi) is 1.55. The zero-order chi connectivity index (χ0) is 5.21. The molecule has 0 atom stereocenters. The fraction of sp³-hybridized carbons (Fsp3) is 0. The first-order valence-electron chi connectivity index (χ1n) is 1.51. The standard InChI is InChI=1S/BH3S4/c1-5(2,3)4/h1H2,(H,2,3,4)/i1T. The predicted octanol–water partition coefficient (Wildman–Crippen LogP) is -0.543. The van der Waals surface area contributed by atoms with Gasteiger partial charge in [0.25, 0.3) is 0 Å². The minimum atomic E-state index is -1.63. The van der Waals surface area contributed by atoms with Gasteiger partial charge in [-0.25, -0.2) is 0 Å². The lowest BCUT2D eigenvalue weighted by Gasteiger charge is -1.77. The molecule has 0 nitrogen and oxygen atoms in total. The molecular weight excluding hydrogens is 139 g/mol. The molecule has 0 aromatic heterocycles. The van der Waals surface area contributed by atoms with Gasteiger partial charge in [0.2, 0.25) is 7.09 Å². The highest BCUT2D eigenvalue weighted by Gasteiger charge is 1.70. The number of hydrogen-bond acceptors (Lipinski definition) is 2. The van der Waals surface area contributed by atoms with Gasteiger partial charge in [-0.15, -0.1) is 11.7 Å². The molecule has 0 unspecified atom stereocenters. The largest absolute Gasteiger partial charge is 0.200 e. The molecule has 0 saturated heterocycles. The maximum Gasteiger partial charge on any atom is 0.200 e. The Labute approximate surface area is 48.6 Å². The summed E-state index contributed by atoms with van der Waals surface area (Å²) >= 11 is 12.9. The quantitative estimate of drug-likeness (QED) is 0.298. The van der Waals surface area contributed by atoms with Crippen LogP contribution in [0.4, 0.5) is 0 Å². The Morgan fingerprint density at radius 2 is 2.20 bits per heavy atom. The third-order valence-corrected chi connectivity index (χ3v) is 0. The van der Waals surface area contributed by atoms with E-state index in [4.69, 9.17) is 1.34 Å². The van der Waals surface area contributed by atoms with Gasteiger partial charge in [0.1, 0.15) is 0 Å². The van der Waals surface area contributed by atoms with Crippen molar-refractivity contribution in [2.75, 3.05) is 0 Å². The van der Waals surface area contributed by atoms with Crippen molar-refractivity contribution in [1.82, 2.24) is 0 Å². The van der Waals surface area contributed by atoms with Gasteiger partial charge in [-0.3, -0.25) is 0 Å². The number of hydrogen-bond donors (Lipinski definition) is 1. The summed E-state index contributed by atoms with van der Waals surface area (Å²) in [5.74, 6) is 0. The summed E-state index contributed by atoms with van der Waals surface area (Å²) in [4.78, 5) is 0. The van der Waals surface area contributed by atoms with Gasteiger partial charge >= 0.3 is 0 Å². The highest BCUT2D eigenvalue weighted by atomic mass is 33.5. The van der Waals surface area contributed by atoms with E-state index in [-0.39, 0.29) is 7.09 Å². The summed E-state index contributed by atoms with van der Waals surface area (Å²) in [6.45, 7) is 0. The SMILES string of the molecule is [3H]BS(=S)(=S)S. The van der Waals surface area contributed by atoms with Gasteiger partial charge < -0.3 is 0 Å². The Bertz CT molecular complexity index is 110. The van der Waals surface area contributed by atoms with Crippen LogP contribution in [0, 0.1) is 0 Å². The van der Waals surface area contributed by atoms with Crippen LogP contribution in [0.25, 0.3) is 0 Å². The lowest BCUT2D eigenvalue weighted by molar-refractivity contribution is 5.07. The molecule has 0 spiro atoms. The summed E-state index contributed by atoms with van der Waals surface area (Å²) in [6.07, 6.45) is 0. The van der Waals surface area contributed by atoms with E-state index in [1.807, 2.05) is 0 Å². The summed E-state index contributed by atoms with van der Waals surface area (Å²) < 4.78 is 6.61. The molecular formula is H3BS4. The lowest BCUT2D eigenvalue weighted by atomic mass is 10.8. The zero-order valence-corrected chi connectivity index (χ0v) is 5.72. The topological polar surface area (TPSA) is 0 Å². The summed E-state index contributed by atoms with van der Waals surface area (Å²) in [6, 6.07) is -1.63. The summed E-state index contributed by atoms with van der Waals surface area (Å²) in [5, 5.41) is 0. The summed E-state index contributed by atoms with van der Waals surface area (Å²) in [5.41, 5.74) is 0. The van der Waals surface area contributed by atoms with Gasteiger partial charge in [-0.1, -0.05) is 6.03 Å². The maximum atomic E-state index is 6.61. The molecule has 0 aliphatic heterocycles. The first-order valence-corrected chi connectivity index (χ1v) is 5.51. The van der Waals surface area contributed by atoms with Crippen LogP contribution in [0.2, 0.25) is 0 Å². The van der Waals surface area contributed by atoms with Crippen molar-refractivity contribution in [2.24, 2.45) is 0 Å². The van der Waals surface area contributed by atoms with Crippen molar-refractivity contribution in [3.8, 4) is 0 Å². The van der Waals surface area contributed by atoms with Crippen LogP contribution in [0.3, 0.4) is 0 Å². The molecule has 0 fully saturated rings. The van der Waals surface area contributed by atoms with Crippen molar-refractivity contribution in [3.63, 3.8) is 0 Å². The first kappa shape index (κ1) is 4.37. The van der Waals surface area contributed by atoms with Crippen LogP contribution in [0.5, 0.6) is 0 Å². The third-order valence-electron chi connectivity index (χ3n) is 0. The van der Waals surface area contributed by atoms with E-state index in [0.29, 0.717) is 0 Å². The molecule has 5 heteroatoms. The van der Waals surface area contributed by atoms with E-state index < -0.39 is 6.03 Å². The van der Waals surface area contributed by atoms with Gasteiger partial charge in [0.15, 0.2) is 0 Å². The highest BCUT2D eigenvalue weighted by Crippen LogP contribution is 1.84. The van der Waals surface area contributed by atoms with Crippen LogP contribution in [0.15, 0.2) is 0 Å². The molecule has 0 N–H and O–H groups in total. The van der Waals surface area contributed by atoms with Crippen molar-refractivity contribution < 1.29 is 0 Å². The van der Waals surface area contributed by atoms with E-state index in [0.717, 1.165) is 0 Å². The Morgan fingerprint density at radius 1 is 2.00 bits per heavy atom. The monoisotopic (exact) mass is 144 g/mol. The average molecular weight is 144 g/mol. The minimum absolute atomic E-state index is 0.0980. The molecule has 5 heavy (non-hydrogen) atoms. The minimum Gasteiger partial charge on any atom is -0.114 e. The molecule has 30 valence electrons. The smallest absolute Gasteiger partial charge is 0.114 e. The molecule has 0 rings (SSSR count). The van der Waals surface area contributed by atoms with Crippen LogP contribution in [-0.4, -0.2) is 8.42 Å². The molecule has 0 amide bonds. The second-order valence-corrected chi connectivity index (χ2v) is 9.15. The Hall–Kier alpha value is 1.20. The van der Waals surface area contributed by atoms with Crippen LogP contribution < -0.4 is 0 Å². The second kappa shape index (κ2) is 1.77. The fourth-order valence-corrected chi connectivity index (χ4v) is 0. The first-order chi connectivity index (χ1) is 2.56. The van der Waals surface area contributed by atoms with Gasteiger partial charge in [0.05, 0.1) is 0 Å². The van der Waals surface area contributed by atoms with Crippen molar-refractivity contribution in [3.05, 3.63) is 0 Å². The molecule has 0 aromatic carbocycles. The molecule has 0 aromatic rings. The van der Waals surface area contributed by atoms with Crippen LogP contribution in [-0.2, 0) is 28.4 Å². The fourth-order valence-electron chi connectivity index (χ4n) is 0. The van der Waals surface area contributed by atoms with Crippen molar-refractivity contribution in [1.29, 1.82) is 1.34 Å². The normalized spacial score (nSPS) is 13.4.